The van der Waals surface area contributed by atoms with Gasteiger partial charge in [0.25, 0.3) is 0 Å². The molecule has 0 atom stereocenters. The summed E-state index contributed by atoms with van der Waals surface area (Å²) < 4.78 is 28.3. The van der Waals surface area contributed by atoms with E-state index >= 15 is 0 Å². The molecule has 2 heterocycles. The van der Waals surface area contributed by atoms with Crippen molar-refractivity contribution in [3.05, 3.63) is 41.7 Å². The minimum absolute atomic E-state index is 0.0254. The fourth-order valence-corrected chi connectivity index (χ4v) is 4.64. The van der Waals surface area contributed by atoms with Crippen LogP contribution in [0, 0.1) is 11.3 Å². The van der Waals surface area contributed by atoms with Crippen molar-refractivity contribution >= 4 is 21.5 Å². The van der Waals surface area contributed by atoms with Crippen molar-refractivity contribution in [1.82, 2.24) is 14.1 Å². The first-order valence-corrected chi connectivity index (χ1v) is 10.1. The van der Waals surface area contributed by atoms with Gasteiger partial charge >= 0.3 is 0 Å². The van der Waals surface area contributed by atoms with Gasteiger partial charge in [0, 0.05) is 43.6 Å². The van der Waals surface area contributed by atoms with Crippen molar-refractivity contribution in [2.75, 3.05) is 18.4 Å². The number of nitriles is 1. The van der Waals surface area contributed by atoms with Crippen LogP contribution in [-0.2, 0) is 17.1 Å². The van der Waals surface area contributed by atoms with E-state index in [2.05, 4.69) is 16.5 Å². The predicted octanol–water partition coefficient (Wildman–Crippen LogP) is 1.76. The maximum absolute atomic E-state index is 12.7. The number of carbonyl (C=O) groups is 1. The molecule has 0 saturated carbocycles. The molecule has 9 heteroatoms. The largest absolute Gasteiger partial charge is 0.382 e. The van der Waals surface area contributed by atoms with Crippen molar-refractivity contribution in [1.29, 1.82) is 5.26 Å². The molecule has 0 bridgehead atoms. The summed E-state index contributed by atoms with van der Waals surface area (Å²) in [5, 5.41) is 16.3. The summed E-state index contributed by atoms with van der Waals surface area (Å²) in [5.41, 5.74) is 1.62. The molecule has 1 aromatic carbocycles. The standard InChI is InChI=1S/C18H21N5O3S/c1-13(24)17-4-3-14(10-19)9-18(17)21-15-5-7-23(8-6-15)27(25,26)16-11-20-22(2)12-16/h3-4,9,11-12,15,21H,5-8H2,1-2H3. The fourth-order valence-electron chi connectivity index (χ4n) is 3.18. The lowest BCUT2D eigenvalue weighted by molar-refractivity contribution is 0.101. The monoisotopic (exact) mass is 387 g/mol. The van der Waals surface area contributed by atoms with E-state index in [-0.39, 0.29) is 16.7 Å². The first-order chi connectivity index (χ1) is 12.8. The lowest BCUT2D eigenvalue weighted by Crippen LogP contribution is -2.42. The van der Waals surface area contributed by atoms with E-state index in [0.717, 1.165) is 0 Å². The number of rotatable bonds is 5. The Bertz CT molecular complexity index is 998. The third-order valence-electron chi connectivity index (χ3n) is 4.66. The van der Waals surface area contributed by atoms with E-state index in [1.54, 1.807) is 25.2 Å². The van der Waals surface area contributed by atoms with Crippen LogP contribution >= 0.6 is 0 Å². The topological polar surface area (TPSA) is 108 Å². The molecular formula is C18H21N5O3S. The molecule has 0 spiro atoms. The van der Waals surface area contributed by atoms with Crippen molar-refractivity contribution in [3.8, 4) is 6.07 Å². The van der Waals surface area contributed by atoms with Crippen LogP contribution in [0.1, 0.15) is 35.7 Å². The Hall–Kier alpha value is -2.70. The molecule has 2 aromatic rings. The highest BCUT2D eigenvalue weighted by atomic mass is 32.2. The van der Waals surface area contributed by atoms with Crippen LogP contribution in [0.15, 0.2) is 35.5 Å². The highest BCUT2D eigenvalue weighted by Crippen LogP contribution is 2.25. The fraction of sp³-hybridized carbons (Fsp3) is 0.389. The number of ketones is 1. The first kappa shape index (κ1) is 19.1. The number of hydrogen-bond acceptors (Lipinski definition) is 6. The molecule has 0 unspecified atom stereocenters. The van der Waals surface area contributed by atoms with Gasteiger partial charge in [-0.1, -0.05) is 0 Å². The maximum Gasteiger partial charge on any atom is 0.246 e. The van der Waals surface area contributed by atoms with Gasteiger partial charge in [-0.25, -0.2) is 8.42 Å². The highest BCUT2D eigenvalue weighted by Gasteiger charge is 2.30. The van der Waals surface area contributed by atoms with Gasteiger partial charge in [-0.15, -0.1) is 0 Å². The minimum Gasteiger partial charge on any atom is -0.382 e. The molecule has 0 aliphatic carbocycles. The number of nitrogens with zero attached hydrogens (tertiary/aromatic N) is 4. The van der Waals surface area contributed by atoms with E-state index < -0.39 is 10.0 Å². The van der Waals surface area contributed by atoms with Crippen LogP contribution in [0.25, 0.3) is 0 Å². The van der Waals surface area contributed by atoms with Gasteiger partial charge in [-0.3, -0.25) is 9.48 Å². The normalized spacial score (nSPS) is 16.0. The smallest absolute Gasteiger partial charge is 0.246 e. The molecular weight excluding hydrogens is 366 g/mol. The number of aromatic nitrogens is 2. The zero-order valence-corrected chi connectivity index (χ0v) is 16.0. The summed E-state index contributed by atoms with van der Waals surface area (Å²) in [6.07, 6.45) is 4.06. The van der Waals surface area contributed by atoms with Crippen molar-refractivity contribution in [2.45, 2.75) is 30.7 Å². The second-order valence-electron chi connectivity index (χ2n) is 6.60. The SMILES string of the molecule is CC(=O)c1ccc(C#N)cc1NC1CCN(S(=O)(=O)c2cnn(C)c2)CC1. The van der Waals surface area contributed by atoms with Crippen LogP contribution in [0.2, 0.25) is 0 Å². The highest BCUT2D eigenvalue weighted by molar-refractivity contribution is 7.89. The zero-order chi connectivity index (χ0) is 19.6. The summed E-state index contributed by atoms with van der Waals surface area (Å²) in [7, 11) is -1.87. The van der Waals surface area contributed by atoms with Gasteiger partial charge in [0.05, 0.1) is 17.8 Å². The van der Waals surface area contributed by atoms with Crippen LogP contribution in [0.5, 0.6) is 0 Å². The lowest BCUT2D eigenvalue weighted by Gasteiger charge is -2.32. The van der Waals surface area contributed by atoms with Crippen LogP contribution < -0.4 is 5.32 Å². The summed E-state index contributed by atoms with van der Waals surface area (Å²) >= 11 is 0. The van der Waals surface area contributed by atoms with Gasteiger partial charge < -0.3 is 5.32 Å². The Morgan fingerprint density at radius 3 is 2.59 bits per heavy atom. The van der Waals surface area contributed by atoms with Crippen LogP contribution in [0.4, 0.5) is 5.69 Å². The maximum atomic E-state index is 12.7. The number of aryl methyl sites for hydroxylation is 1. The molecule has 1 fully saturated rings. The Morgan fingerprint density at radius 2 is 2.04 bits per heavy atom. The molecule has 1 saturated heterocycles. The average Bonchev–Trinajstić information content (AvgIpc) is 3.09. The molecule has 1 aromatic heterocycles. The minimum atomic E-state index is -3.54. The second-order valence-corrected chi connectivity index (χ2v) is 8.54. The van der Waals surface area contributed by atoms with E-state index in [1.165, 1.54) is 28.3 Å². The zero-order valence-electron chi connectivity index (χ0n) is 15.2. The summed E-state index contributed by atoms with van der Waals surface area (Å²) in [4.78, 5) is 12.0. The number of benzene rings is 1. The van der Waals surface area contributed by atoms with Gasteiger partial charge in [-0.05, 0) is 38.0 Å². The number of carbonyl (C=O) groups excluding carboxylic acids is 1. The Kier molecular flexibility index (Phi) is 5.30. The number of hydrogen-bond donors (Lipinski definition) is 1. The number of piperidine rings is 1. The molecule has 1 N–H and O–H groups in total. The van der Waals surface area contributed by atoms with Gasteiger partial charge in [0.2, 0.25) is 10.0 Å². The van der Waals surface area contributed by atoms with Crippen LogP contribution in [-0.4, -0.2) is 47.4 Å². The Labute approximate surface area is 158 Å². The van der Waals surface area contributed by atoms with Gasteiger partial charge in [0.1, 0.15) is 4.90 Å². The predicted molar refractivity (Wildman–Crippen MR) is 99.8 cm³/mol. The third kappa shape index (κ3) is 4.02. The van der Waals surface area contributed by atoms with E-state index in [9.17, 15) is 13.2 Å². The van der Waals surface area contributed by atoms with Crippen molar-refractivity contribution in [2.24, 2.45) is 7.05 Å². The number of sulfonamides is 1. The number of anilines is 1. The first-order valence-electron chi connectivity index (χ1n) is 8.61. The molecule has 0 amide bonds. The second kappa shape index (κ2) is 7.50. The van der Waals surface area contributed by atoms with E-state index in [0.29, 0.717) is 42.7 Å². The molecule has 27 heavy (non-hydrogen) atoms. The number of Topliss-reactive ketones (excluding diaryl/α,β-unsaturated/α-hetero) is 1. The molecule has 1 aliphatic rings. The molecule has 8 nitrogen and oxygen atoms in total. The van der Waals surface area contributed by atoms with Crippen molar-refractivity contribution < 1.29 is 13.2 Å². The molecule has 0 radical (unpaired) electrons. The van der Waals surface area contributed by atoms with Gasteiger partial charge in [-0.2, -0.15) is 14.7 Å². The third-order valence-corrected chi connectivity index (χ3v) is 6.51. The number of nitrogens with one attached hydrogen (secondary N) is 1. The molecule has 3 rings (SSSR count). The Morgan fingerprint density at radius 1 is 1.33 bits per heavy atom. The van der Waals surface area contributed by atoms with Crippen LogP contribution in [0.3, 0.4) is 0 Å². The molecule has 142 valence electrons. The Balaban J connectivity index is 1.70. The van der Waals surface area contributed by atoms with E-state index in [4.69, 9.17) is 5.26 Å². The quantitative estimate of drug-likeness (QED) is 0.783. The summed E-state index contributed by atoms with van der Waals surface area (Å²) in [6, 6.07) is 7.02. The average molecular weight is 387 g/mol. The van der Waals surface area contributed by atoms with E-state index in [1.807, 2.05) is 0 Å². The van der Waals surface area contributed by atoms with Gasteiger partial charge in [0.15, 0.2) is 5.78 Å². The summed E-state index contributed by atoms with van der Waals surface area (Å²) in [6.45, 7) is 2.24. The summed E-state index contributed by atoms with van der Waals surface area (Å²) in [5.74, 6) is -0.0846. The molecule has 1 aliphatic heterocycles. The lowest BCUT2D eigenvalue weighted by atomic mass is 10.0. The van der Waals surface area contributed by atoms with Crippen molar-refractivity contribution in [3.63, 3.8) is 0 Å².